The maximum atomic E-state index is 13.5. The summed E-state index contributed by atoms with van der Waals surface area (Å²) in [5.41, 5.74) is 0.893. The minimum absolute atomic E-state index is 0.253. The van der Waals surface area contributed by atoms with E-state index in [4.69, 9.17) is 0 Å². The minimum atomic E-state index is -1.23. The first kappa shape index (κ1) is 12.4. The average molecular weight is 228 g/mol. The van der Waals surface area contributed by atoms with Crippen LogP contribution in [-0.4, -0.2) is 8.07 Å². The van der Waals surface area contributed by atoms with Gasteiger partial charge in [-0.2, -0.15) is 0 Å². The lowest BCUT2D eigenvalue weighted by atomic mass is 10.1. The van der Waals surface area contributed by atoms with Crippen LogP contribution in [0.2, 0.25) is 25.7 Å². The summed E-state index contributed by atoms with van der Waals surface area (Å²) in [6.07, 6.45) is 0.521. The van der Waals surface area contributed by atoms with Gasteiger partial charge in [0.2, 0.25) is 0 Å². The van der Waals surface area contributed by atoms with Gasteiger partial charge in [0.25, 0.3) is 0 Å². The lowest BCUT2D eigenvalue weighted by Crippen LogP contribution is -2.20. The second-order valence-electron chi connectivity index (χ2n) is 5.27. The van der Waals surface area contributed by atoms with Crippen LogP contribution < -0.4 is 0 Å². The number of hydrogen-bond donors (Lipinski definition) is 0. The minimum Gasteiger partial charge on any atom is -0.207 e. The van der Waals surface area contributed by atoms with Crippen molar-refractivity contribution in [2.45, 2.75) is 39.0 Å². The summed E-state index contributed by atoms with van der Waals surface area (Å²) in [5.74, 6) is -0.795. The molecule has 0 spiro atoms. The van der Waals surface area contributed by atoms with E-state index in [0.29, 0.717) is 12.0 Å². The molecule has 0 saturated heterocycles. The van der Waals surface area contributed by atoms with Gasteiger partial charge < -0.3 is 0 Å². The van der Waals surface area contributed by atoms with Crippen molar-refractivity contribution in [3.8, 4) is 0 Å². The van der Waals surface area contributed by atoms with Crippen LogP contribution in [-0.2, 0) is 6.42 Å². The Kier molecular flexibility index (Phi) is 3.65. The Morgan fingerprint density at radius 2 is 1.53 bits per heavy atom. The summed E-state index contributed by atoms with van der Waals surface area (Å²) in [5, 5.41) is 0. The third-order valence-corrected chi connectivity index (χ3v) is 4.16. The summed E-state index contributed by atoms with van der Waals surface area (Å²) in [7, 11) is -1.23. The highest BCUT2D eigenvalue weighted by atomic mass is 28.3. The lowest BCUT2D eigenvalue weighted by Gasteiger charge is -2.16. The van der Waals surface area contributed by atoms with E-state index >= 15 is 0 Å². The molecule has 1 aromatic rings. The van der Waals surface area contributed by atoms with Crippen molar-refractivity contribution in [1.82, 2.24) is 0 Å². The fourth-order valence-corrected chi connectivity index (χ4v) is 2.47. The molecular formula is C12H18F2Si. The third-order valence-electron chi connectivity index (χ3n) is 2.41. The Hall–Kier alpha value is -0.703. The van der Waals surface area contributed by atoms with Crippen molar-refractivity contribution in [3.63, 3.8) is 0 Å². The fraction of sp³-hybridized carbons (Fsp3) is 0.500. The molecule has 0 N–H and O–H groups in total. The zero-order chi connectivity index (χ0) is 11.6. The lowest BCUT2D eigenvalue weighted by molar-refractivity contribution is 0.556. The van der Waals surface area contributed by atoms with Crippen molar-refractivity contribution in [2.75, 3.05) is 0 Å². The van der Waals surface area contributed by atoms with Crippen molar-refractivity contribution < 1.29 is 8.78 Å². The topological polar surface area (TPSA) is 0 Å². The van der Waals surface area contributed by atoms with Gasteiger partial charge in [-0.3, -0.25) is 0 Å². The zero-order valence-corrected chi connectivity index (χ0v) is 10.8. The fourth-order valence-electron chi connectivity index (χ4n) is 1.47. The molecule has 84 valence electrons. The normalized spacial score (nSPS) is 11.9. The van der Waals surface area contributed by atoms with Gasteiger partial charge in [0, 0.05) is 13.6 Å². The largest absolute Gasteiger partial charge is 0.207 e. The van der Waals surface area contributed by atoms with Crippen molar-refractivity contribution in [1.29, 1.82) is 0 Å². The third kappa shape index (κ3) is 3.74. The first-order valence-electron chi connectivity index (χ1n) is 5.24. The molecule has 0 nitrogen and oxygen atoms in total. The van der Waals surface area contributed by atoms with E-state index in [0.717, 1.165) is 6.04 Å². The number of aryl methyl sites for hydroxylation is 1. The molecule has 0 aliphatic carbocycles. The molecule has 0 aliphatic rings. The standard InChI is InChI=1S/C12H18F2Si/c1-9-7-11(13)10(12(14)8-9)5-6-15(2,3)4/h7-8H,5-6H2,1-4H3. The number of hydrogen-bond acceptors (Lipinski definition) is 0. The smallest absolute Gasteiger partial charge is 0.129 e. The molecule has 0 unspecified atom stereocenters. The molecule has 15 heavy (non-hydrogen) atoms. The Labute approximate surface area is 91.3 Å². The van der Waals surface area contributed by atoms with Crippen LogP contribution >= 0.6 is 0 Å². The van der Waals surface area contributed by atoms with Crippen LogP contribution in [0.25, 0.3) is 0 Å². The highest BCUT2D eigenvalue weighted by molar-refractivity contribution is 6.76. The molecule has 1 rings (SSSR count). The molecule has 1 aromatic carbocycles. The van der Waals surface area contributed by atoms with Crippen LogP contribution in [0.3, 0.4) is 0 Å². The zero-order valence-electron chi connectivity index (χ0n) is 9.82. The maximum Gasteiger partial charge on any atom is 0.129 e. The van der Waals surface area contributed by atoms with Crippen LogP contribution in [0, 0.1) is 18.6 Å². The number of benzene rings is 1. The van der Waals surface area contributed by atoms with Crippen molar-refractivity contribution in [2.24, 2.45) is 0 Å². The summed E-state index contributed by atoms with van der Waals surface area (Å²) in [6, 6.07) is 3.73. The van der Waals surface area contributed by atoms with Gasteiger partial charge in [-0.1, -0.05) is 25.7 Å². The quantitative estimate of drug-likeness (QED) is 0.682. The van der Waals surface area contributed by atoms with Gasteiger partial charge >= 0.3 is 0 Å². The van der Waals surface area contributed by atoms with E-state index in [9.17, 15) is 8.78 Å². The summed E-state index contributed by atoms with van der Waals surface area (Å²) < 4.78 is 26.9. The SMILES string of the molecule is Cc1cc(F)c(CC[Si](C)(C)C)c(F)c1. The molecule has 0 atom stereocenters. The van der Waals surface area contributed by atoms with Gasteiger partial charge in [0.15, 0.2) is 0 Å². The predicted molar refractivity (Wildman–Crippen MR) is 63.0 cm³/mol. The summed E-state index contributed by atoms with van der Waals surface area (Å²) in [4.78, 5) is 0. The first-order valence-corrected chi connectivity index (χ1v) is 8.95. The van der Waals surface area contributed by atoms with Crippen LogP contribution in [0.5, 0.6) is 0 Å². The van der Waals surface area contributed by atoms with Crippen LogP contribution in [0.15, 0.2) is 12.1 Å². The Balaban J connectivity index is 2.86. The van der Waals surface area contributed by atoms with Crippen molar-refractivity contribution in [3.05, 3.63) is 34.9 Å². The Morgan fingerprint density at radius 3 is 1.93 bits per heavy atom. The molecule has 0 radical (unpaired) electrons. The van der Waals surface area contributed by atoms with Crippen LogP contribution in [0.4, 0.5) is 8.78 Å². The van der Waals surface area contributed by atoms with E-state index in [2.05, 4.69) is 19.6 Å². The van der Waals surface area contributed by atoms with Crippen molar-refractivity contribution >= 4 is 8.07 Å². The maximum absolute atomic E-state index is 13.5. The molecule has 3 heteroatoms. The molecule has 0 amide bonds. The molecule has 0 fully saturated rings. The van der Waals surface area contributed by atoms with Gasteiger partial charge in [0.05, 0.1) is 0 Å². The number of rotatable bonds is 3. The van der Waals surface area contributed by atoms with Crippen LogP contribution in [0.1, 0.15) is 11.1 Å². The monoisotopic (exact) mass is 228 g/mol. The summed E-state index contributed by atoms with van der Waals surface area (Å²) in [6.45, 7) is 8.32. The van der Waals surface area contributed by atoms with Gasteiger partial charge in [0.1, 0.15) is 11.6 Å². The highest BCUT2D eigenvalue weighted by Gasteiger charge is 2.16. The summed E-state index contributed by atoms with van der Waals surface area (Å²) >= 11 is 0. The molecule has 0 saturated carbocycles. The molecule has 0 aromatic heterocycles. The average Bonchev–Trinajstić information content (AvgIpc) is 1.99. The second-order valence-corrected chi connectivity index (χ2v) is 10.9. The predicted octanol–water partition coefficient (Wildman–Crippen LogP) is 4.15. The first-order chi connectivity index (χ1) is 6.79. The van der Waals surface area contributed by atoms with E-state index in [-0.39, 0.29) is 5.56 Å². The highest BCUT2D eigenvalue weighted by Crippen LogP contribution is 2.20. The van der Waals surface area contributed by atoms with E-state index < -0.39 is 19.7 Å². The van der Waals surface area contributed by atoms with E-state index in [1.165, 1.54) is 12.1 Å². The Morgan fingerprint density at radius 1 is 1.07 bits per heavy atom. The van der Waals surface area contributed by atoms with Gasteiger partial charge in [-0.25, -0.2) is 8.78 Å². The second kappa shape index (κ2) is 4.43. The van der Waals surface area contributed by atoms with Gasteiger partial charge in [-0.05, 0) is 31.0 Å². The van der Waals surface area contributed by atoms with E-state index in [1.807, 2.05) is 0 Å². The molecule has 0 heterocycles. The molecule has 0 bridgehead atoms. The van der Waals surface area contributed by atoms with Gasteiger partial charge in [-0.15, -0.1) is 0 Å². The Bertz CT molecular complexity index is 330. The molecular weight excluding hydrogens is 210 g/mol. The molecule has 0 aliphatic heterocycles. The van der Waals surface area contributed by atoms with E-state index in [1.54, 1.807) is 6.92 Å². The number of halogens is 2.